The van der Waals surface area contributed by atoms with E-state index in [2.05, 4.69) is 13.8 Å². The summed E-state index contributed by atoms with van der Waals surface area (Å²) in [5.41, 5.74) is 5.70. The second-order valence-electron chi connectivity index (χ2n) is 4.74. The van der Waals surface area contributed by atoms with E-state index in [9.17, 15) is 4.79 Å². The monoisotopic (exact) mass is 242 g/mol. The third kappa shape index (κ3) is 3.96. The van der Waals surface area contributed by atoms with Crippen molar-refractivity contribution in [1.82, 2.24) is 4.90 Å². The zero-order chi connectivity index (χ0) is 12.7. The molecule has 0 saturated carbocycles. The van der Waals surface area contributed by atoms with E-state index in [1.807, 2.05) is 4.90 Å². The van der Waals surface area contributed by atoms with Gasteiger partial charge in [-0.1, -0.05) is 26.7 Å². The van der Waals surface area contributed by atoms with Crippen LogP contribution in [-0.4, -0.2) is 43.2 Å². The summed E-state index contributed by atoms with van der Waals surface area (Å²) in [7, 11) is 0. The number of unbranched alkanes of at least 4 members (excludes halogenated alkanes) is 1. The smallest absolute Gasteiger partial charge is 0.226 e. The van der Waals surface area contributed by atoms with Gasteiger partial charge in [0, 0.05) is 19.0 Å². The van der Waals surface area contributed by atoms with Gasteiger partial charge in [-0.25, -0.2) is 0 Å². The van der Waals surface area contributed by atoms with Crippen LogP contribution in [0.2, 0.25) is 0 Å². The molecule has 1 aliphatic rings. The fourth-order valence-corrected chi connectivity index (χ4v) is 2.33. The van der Waals surface area contributed by atoms with E-state index < -0.39 is 0 Å². The number of nitrogens with two attached hydrogens (primary N) is 1. The Balaban J connectivity index is 2.57. The van der Waals surface area contributed by atoms with Crippen LogP contribution in [0.25, 0.3) is 0 Å². The van der Waals surface area contributed by atoms with Crippen LogP contribution in [0.15, 0.2) is 0 Å². The number of carbonyl (C=O) groups is 1. The molecule has 0 aromatic rings. The van der Waals surface area contributed by atoms with E-state index in [0.717, 1.165) is 25.7 Å². The lowest BCUT2D eigenvalue weighted by Crippen LogP contribution is -2.53. The summed E-state index contributed by atoms with van der Waals surface area (Å²) in [5.74, 6) is 0.446. The first kappa shape index (κ1) is 14.5. The molecule has 2 atom stereocenters. The van der Waals surface area contributed by atoms with Gasteiger partial charge in [0.2, 0.25) is 5.91 Å². The van der Waals surface area contributed by atoms with Crippen molar-refractivity contribution < 1.29 is 9.53 Å². The summed E-state index contributed by atoms with van der Waals surface area (Å²) in [5, 5.41) is 0. The third-order valence-corrected chi connectivity index (χ3v) is 3.53. The van der Waals surface area contributed by atoms with Crippen LogP contribution < -0.4 is 5.73 Å². The molecule has 0 aromatic heterocycles. The van der Waals surface area contributed by atoms with Crippen molar-refractivity contribution in [3.63, 3.8) is 0 Å². The Kier molecular flexibility index (Phi) is 6.52. The number of amides is 1. The quantitative estimate of drug-likeness (QED) is 0.765. The van der Waals surface area contributed by atoms with Gasteiger partial charge < -0.3 is 15.4 Å². The molecule has 0 radical (unpaired) electrons. The Morgan fingerprint density at radius 2 is 2.29 bits per heavy atom. The number of hydrogen-bond donors (Lipinski definition) is 1. The number of rotatable bonds is 6. The molecule has 1 rings (SSSR count). The molecule has 2 unspecified atom stereocenters. The van der Waals surface area contributed by atoms with Gasteiger partial charge in [-0.05, 0) is 12.8 Å². The normalized spacial score (nSPS) is 22.5. The zero-order valence-electron chi connectivity index (χ0n) is 11.2. The van der Waals surface area contributed by atoms with Crippen LogP contribution in [0.1, 0.15) is 39.5 Å². The van der Waals surface area contributed by atoms with Crippen LogP contribution >= 0.6 is 0 Å². The van der Waals surface area contributed by atoms with Gasteiger partial charge in [0.05, 0.1) is 19.3 Å². The topological polar surface area (TPSA) is 55.6 Å². The summed E-state index contributed by atoms with van der Waals surface area (Å²) < 4.78 is 5.37. The highest BCUT2D eigenvalue weighted by Crippen LogP contribution is 2.18. The Morgan fingerprint density at radius 1 is 1.53 bits per heavy atom. The van der Waals surface area contributed by atoms with Gasteiger partial charge in [-0.3, -0.25) is 4.79 Å². The Morgan fingerprint density at radius 3 is 2.88 bits per heavy atom. The minimum absolute atomic E-state index is 0.0759. The first-order chi connectivity index (χ1) is 8.24. The largest absolute Gasteiger partial charge is 0.377 e. The van der Waals surface area contributed by atoms with E-state index in [1.54, 1.807) is 0 Å². The molecule has 2 N–H and O–H groups in total. The minimum Gasteiger partial charge on any atom is -0.377 e. The molecule has 0 aromatic carbocycles. The van der Waals surface area contributed by atoms with Gasteiger partial charge in [-0.15, -0.1) is 0 Å². The second kappa shape index (κ2) is 7.67. The summed E-state index contributed by atoms with van der Waals surface area (Å²) in [4.78, 5) is 14.4. The summed E-state index contributed by atoms with van der Waals surface area (Å²) in [6, 6.07) is 0.0759. The SMILES string of the molecule is CCCCC(CC)C(=O)N1CCOCC1CN. The van der Waals surface area contributed by atoms with Crippen LogP contribution in [0, 0.1) is 5.92 Å². The van der Waals surface area contributed by atoms with Crippen LogP contribution in [0.5, 0.6) is 0 Å². The predicted molar refractivity (Wildman–Crippen MR) is 68.7 cm³/mol. The van der Waals surface area contributed by atoms with Crippen molar-refractivity contribution >= 4 is 5.91 Å². The molecule has 1 saturated heterocycles. The van der Waals surface area contributed by atoms with E-state index in [4.69, 9.17) is 10.5 Å². The van der Waals surface area contributed by atoms with Gasteiger partial charge in [0.25, 0.3) is 0 Å². The van der Waals surface area contributed by atoms with E-state index in [0.29, 0.717) is 26.3 Å². The molecule has 100 valence electrons. The predicted octanol–water partition coefficient (Wildman–Crippen LogP) is 1.39. The molecule has 1 fully saturated rings. The molecule has 0 aliphatic carbocycles. The van der Waals surface area contributed by atoms with Gasteiger partial charge in [0.1, 0.15) is 0 Å². The van der Waals surface area contributed by atoms with Crippen LogP contribution in [0.3, 0.4) is 0 Å². The molecule has 1 heterocycles. The molecule has 0 spiro atoms. The fraction of sp³-hybridized carbons (Fsp3) is 0.923. The minimum atomic E-state index is 0.0759. The Hall–Kier alpha value is -0.610. The van der Waals surface area contributed by atoms with Crippen molar-refractivity contribution in [3.05, 3.63) is 0 Å². The highest BCUT2D eigenvalue weighted by Gasteiger charge is 2.29. The van der Waals surface area contributed by atoms with Crippen molar-refractivity contribution in [2.75, 3.05) is 26.3 Å². The van der Waals surface area contributed by atoms with Crippen molar-refractivity contribution in [2.24, 2.45) is 11.7 Å². The van der Waals surface area contributed by atoms with Crippen molar-refractivity contribution in [1.29, 1.82) is 0 Å². The maximum Gasteiger partial charge on any atom is 0.226 e. The standard InChI is InChI=1S/C13H26N2O2/c1-3-5-6-11(4-2)13(16)15-7-8-17-10-12(15)9-14/h11-12H,3-10,14H2,1-2H3. The highest BCUT2D eigenvalue weighted by atomic mass is 16.5. The Bertz CT molecular complexity index is 233. The van der Waals surface area contributed by atoms with Gasteiger partial charge >= 0.3 is 0 Å². The molecule has 0 bridgehead atoms. The fourth-order valence-electron chi connectivity index (χ4n) is 2.33. The molecular formula is C13H26N2O2. The average Bonchev–Trinajstić information content (AvgIpc) is 2.39. The number of morpholine rings is 1. The lowest BCUT2D eigenvalue weighted by atomic mass is 9.97. The number of carbonyl (C=O) groups excluding carboxylic acids is 1. The number of ether oxygens (including phenoxy) is 1. The lowest BCUT2D eigenvalue weighted by molar-refractivity contribution is -0.144. The zero-order valence-corrected chi connectivity index (χ0v) is 11.2. The van der Waals surface area contributed by atoms with E-state index in [-0.39, 0.29) is 17.9 Å². The molecule has 1 amide bonds. The third-order valence-electron chi connectivity index (χ3n) is 3.53. The van der Waals surface area contributed by atoms with Crippen molar-refractivity contribution in [2.45, 2.75) is 45.6 Å². The Labute approximate surface area is 104 Å². The van der Waals surface area contributed by atoms with Gasteiger partial charge in [0.15, 0.2) is 0 Å². The molecule has 17 heavy (non-hydrogen) atoms. The molecular weight excluding hydrogens is 216 g/mol. The average molecular weight is 242 g/mol. The van der Waals surface area contributed by atoms with E-state index >= 15 is 0 Å². The molecule has 4 heteroatoms. The number of nitrogens with zero attached hydrogens (tertiary/aromatic N) is 1. The van der Waals surface area contributed by atoms with Crippen LogP contribution in [-0.2, 0) is 9.53 Å². The second-order valence-corrected chi connectivity index (χ2v) is 4.74. The van der Waals surface area contributed by atoms with Crippen LogP contribution in [0.4, 0.5) is 0 Å². The summed E-state index contributed by atoms with van der Waals surface area (Å²) >= 11 is 0. The maximum atomic E-state index is 12.4. The molecule has 1 aliphatic heterocycles. The highest BCUT2D eigenvalue weighted by molar-refractivity contribution is 5.79. The van der Waals surface area contributed by atoms with Gasteiger partial charge in [-0.2, -0.15) is 0 Å². The van der Waals surface area contributed by atoms with Crippen molar-refractivity contribution in [3.8, 4) is 0 Å². The molecule has 4 nitrogen and oxygen atoms in total. The summed E-state index contributed by atoms with van der Waals surface area (Å²) in [6.07, 6.45) is 4.20. The first-order valence-corrected chi connectivity index (χ1v) is 6.82. The van der Waals surface area contributed by atoms with E-state index in [1.165, 1.54) is 0 Å². The summed E-state index contributed by atoms with van der Waals surface area (Å²) in [6.45, 7) is 6.68. The first-order valence-electron chi connectivity index (χ1n) is 6.82. The lowest BCUT2D eigenvalue weighted by Gasteiger charge is -2.37. The maximum absolute atomic E-state index is 12.4. The number of hydrogen-bond acceptors (Lipinski definition) is 3.